The molecule has 0 amide bonds. The van der Waals surface area contributed by atoms with Crippen molar-refractivity contribution in [3.8, 4) is 33.8 Å². The van der Waals surface area contributed by atoms with Crippen LogP contribution in [0.1, 0.15) is 5.56 Å². The van der Waals surface area contributed by atoms with Gasteiger partial charge in [-0.15, -0.1) is 0 Å². The molecule has 0 aliphatic rings. The van der Waals surface area contributed by atoms with Gasteiger partial charge in [0, 0.05) is 22.0 Å². The van der Waals surface area contributed by atoms with E-state index < -0.39 is 5.63 Å². The molecule has 5 heteroatoms. The number of benzene rings is 3. The van der Waals surface area contributed by atoms with Crippen molar-refractivity contribution in [1.29, 1.82) is 0 Å². The second-order valence-electron chi connectivity index (χ2n) is 6.38. The Hall–Kier alpha value is -3.24. The summed E-state index contributed by atoms with van der Waals surface area (Å²) in [7, 11) is 0. The lowest BCUT2D eigenvalue weighted by Gasteiger charge is -2.13. The van der Waals surface area contributed by atoms with E-state index >= 15 is 0 Å². The Balaban J connectivity index is 2.18. The van der Waals surface area contributed by atoms with E-state index in [1.54, 1.807) is 30.3 Å². The zero-order valence-electron chi connectivity index (χ0n) is 14.4. The van der Waals surface area contributed by atoms with Crippen molar-refractivity contribution in [2.75, 3.05) is 0 Å². The molecule has 4 nitrogen and oxygen atoms in total. The van der Waals surface area contributed by atoms with Gasteiger partial charge in [0.05, 0.1) is 5.56 Å². The molecule has 1 aromatic heterocycles. The molecular formula is C22H15ClO4. The molecule has 0 fully saturated rings. The molecule has 0 radical (unpaired) electrons. The average Bonchev–Trinajstić information content (AvgIpc) is 2.61. The highest BCUT2D eigenvalue weighted by molar-refractivity contribution is 6.30. The number of fused-ring (bicyclic) bond motifs is 1. The van der Waals surface area contributed by atoms with Gasteiger partial charge >= 0.3 is 5.63 Å². The molecule has 0 unspecified atom stereocenters. The van der Waals surface area contributed by atoms with Crippen molar-refractivity contribution in [1.82, 2.24) is 0 Å². The molecule has 0 atom stereocenters. The molecule has 3 aromatic carbocycles. The third kappa shape index (κ3) is 3.15. The van der Waals surface area contributed by atoms with Crippen LogP contribution in [0.2, 0.25) is 5.02 Å². The average molecular weight is 379 g/mol. The first-order chi connectivity index (χ1) is 12.9. The second kappa shape index (κ2) is 6.49. The summed E-state index contributed by atoms with van der Waals surface area (Å²) in [5.41, 5.74) is 2.99. The third-order valence-corrected chi connectivity index (χ3v) is 4.64. The summed E-state index contributed by atoms with van der Waals surface area (Å²) in [6.45, 7) is 1.94. The monoisotopic (exact) mass is 378 g/mol. The lowest BCUT2D eigenvalue weighted by Crippen LogP contribution is -2.06. The molecule has 4 aromatic rings. The van der Waals surface area contributed by atoms with Crippen LogP contribution in [0.5, 0.6) is 11.5 Å². The topological polar surface area (TPSA) is 70.7 Å². The predicted molar refractivity (Wildman–Crippen MR) is 106 cm³/mol. The number of rotatable bonds is 2. The van der Waals surface area contributed by atoms with Gasteiger partial charge in [-0.3, -0.25) is 0 Å². The first kappa shape index (κ1) is 17.2. The zero-order chi connectivity index (χ0) is 19.1. The molecule has 0 saturated heterocycles. The molecule has 0 bridgehead atoms. The Labute approximate surface area is 159 Å². The van der Waals surface area contributed by atoms with Gasteiger partial charge in [-0.1, -0.05) is 35.4 Å². The number of aromatic hydroxyl groups is 2. The van der Waals surface area contributed by atoms with Crippen LogP contribution in [0.25, 0.3) is 33.2 Å². The van der Waals surface area contributed by atoms with Gasteiger partial charge in [-0.05, 0) is 54.4 Å². The standard InChI is InChI=1S/C22H15ClO4/c1-12-2-7-19-18(8-12)20(14-9-16(24)11-17(25)10-14)21(22(26)27-19)13-3-5-15(23)6-4-13/h2-11,24-25H,1H3. The van der Waals surface area contributed by atoms with Crippen molar-refractivity contribution >= 4 is 22.6 Å². The fourth-order valence-corrected chi connectivity index (χ4v) is 3.36. The summed E-state index contributed by atoms with van der Waals surface area (Å²) in [4.78, 5) is 12.8. The highest BCUT2D eigenvalue weighted by Gasteiger charge is 2.19. The zero-order valence-corrected chi connectivity index (χ0v) is 15.1. The number of hydrogen-bond acceptors (Lipinski definition) is 4. The summed E-state index contributed by atoms with van der Waals surface area (Å²) in [6, 6.07) is 16.6. The number of phenolic OH excluding ortho intramolecular Hbond substituents is 2. The van der Waals surface area contributed by atoms with Gasteiger partial charge in [-0.25, -0.2) is 4.79 Å². The maximum Gasteiger partial charge on any atom is 0.344 e. The Morgan fingerprint density at radius 3 is 2.15 bits per heavy atom. The van der Waals surface area contributed by atoms with Gasteiger partial charge in [-0.2, -0.15) is 0 Å². The second-order valence-corrected chi connectivity index (χ2v) is 6.82. The molecule has 134 valence electrons. The van der Waals surface area contributed by atoms with Gasteiger partial charge in [0.2, 0.25) is 0 Å². The van der Waals surface area contributed by atoms with Crippen molar-refractivity contribution in [2.24, 2.45) is 0 Å². The minimum atomic E-state index is -0.508. The number of hydrogen-bond donors (Lipinski definition) is 2. The molecule has 27 heavy (non-hydrogen) atoms. The van der Waals surface area contributed by atoms with Crippen molar-refractivity contribution < 1.29 is 14.6 Å². The van der Waals surface area contributed by atoms with Gasteiger partial charge in [0.25, 0.3) is 0 Å². The SMILES string of the molecule is Cc1ccc2oc(=O)c(-c3ccc(Cl)cc3)c(-c3cc(O)cc(O)c3)c2c1. The Morgan fingerprint density at radius 1 is 0.815 bits per heavy atom. The first-order valence-electron chi connectivity index (χ1n) is 8.29. The number of aryl methyl sites for hydroxylation is 1. The fourth-order valence-electron chi connectivity index (χ4n) is 3.23. The van der Waals surface area contributed by atoms with Gasteiger partial charge in [0.1, 0.15) is 17.1 Å². The normalized spacial score (nSPS) is 11.0. The molecule has 0 aliphatic carbocycles. The van der Waals surface area contributed by atoms with E-state index in [2.05, 4.69) is 0 Å². The summed E-state index contributed by atoms with van der Waals surface area (Å²) < 4.78 is 5.54. The largest absolute Gasteiger partial charge is 0.508 e. The minimum Gasteiger partial charge on any atom is -0.508 e. The molecular weight excluding hydrogens is 364 g/mol. The molecule has 2 N–H and O–H groups in total. The number of phenols is 2. The van der Waals surface area contributed by atoms with Crippen LogP contribution in [-0.2, 0) is 0 Å². The van der Waals surface area contributed by atoms with Crippen LogP contribution >= 0.6 is 11.6 Å². The molecule has 4 rings (SSSR count). The minimum absolute atomic E-state index is 0.0962. The van der Waals surface area contributed by atoms with E-state index in [9.17, 15) is 15.0 Å². The van der Waals surface area contributed by atoms with E-state index in [1.807, 2.05) is 19.1 Å². The van der Waals surface area contributed by atoms with E-state index in [1.165, 1.54) is 18.2 Å². The lowest BCUT2D eigenvalue weighted by molar-refractivity contribution is 0.451. The predicted octanol–water partition coefficient (Wildman–Crippen LogP) is 5.50. The quantitative estimate of drug-likeness (QED) is 0.452. The van der Waals surface area contributed by atoms with Crippen molar-refractivity contribution in [2.45, 2.75) is 6.92 Å². The lowest BCUT2D eigenvalue weighted by atomic mass is 9.92. The Bertz CT molecular complexity index is 1200. The molecule has 0 saturated carbocycles. The van der Waals surface area contributed by atoms with E-state index in [0.29, 0.717) is 38.2 Å². The number of halogens is 1. The van der Waals surface area contributed by atoms with Crippen LogP contribution in [0.3, 0.4) is 0 Å². The molecule has 0 spiro atoms. The van der Waals surface area contributed by atoms with Crippen molar-refractivity contribution in [3.63, 3.8) is 0 Å². The summed E-state index contributed by atoms with van der Waals surface area (Å²) in [5.74, 6) is -0.192. The summed E-state index contributed by atoms with van der Waals surface area (Å²) >= 11 is 5.99. The van der Waals surface area contributed by atoms with Crippen LogP contribution < -0.4 is 5.63 Å². The third-order valence-electron chi connectivity index (χ3n) is 4.39. The van der Waals surface area contributed by atoms with Crippen LogP contribution in [0.4, 0.5) is 0 Å². The van der Waals surface area contributed by atoms with Crippen LogP contribution in [0, 0.1) is 6.92 Å². The maximum absolute atomic E-state index is 12.8. The highest BCUT2D eigenvalue weighted by atomic mass is 35.5. The Morgan fingerprint density at radius 2 is 1.48 bits per heavy atom. The maximum atomic E-state index is 12.8. The van der Waals surface area contributed by atoms with E-state index in [-0.39, 0.29) is 11.5 Å². The van der Waals surface area contributed by atoms with Gasteiger partial charge < -0.3 is 14.6 Å². The summed E-state index contributed by atoms with van der Waals surface area (Å²) in [6.07, 6.45) is 0. The highest BCUT2D eigenvalue weighted by Crippen LogP contribution is 2.39. The molecule has 1 heterocycles. The van der Waals surface area contributed by atoms with E-state index in [4.69, 9.17) is 16.0 Å². The van der Waals surface area contributed by atoms with Gasteiger partial charge in [0.15, 0.2) is 0 Å². The Kier molecular flexibility index (Phi) is 4.13. The fraction of sp³-hybridized carbons (Fsp3) is 0.0455. The smallest absolute Gasteiger partial charge is 0.344 e. The van der Waals surface area contributed by atoms with Crippen LogP contribution in [0.15, 0.2) is 69.9 Å². The van der Waals surface area contributed by atoms with Crippen LogP contribution in [-0.4, -0.2) is 10.2 Å². The summed E-state index contributed by atoms with van der Waals surface area (Å²) in [5, 5.41) is 21.2. The van der Waals surface area contributed by atoms with Crippen molar-refractivity contribution in [3.05, 3.63) is 81.7 Å². The first-order valence-corrected chi connectivity index (χ1v) is 8.67. The molecule has 0 aliphatic heterocycles. The van der Waals surface area contributed by atoms with E-state index in [0.717, 1.165) is 5.56 Å².